The Morgan fingerprint density at radius 3 is 1.93 bits per heavy atom. The standard InChI is InChI=1S/C13H22N2/c1-10(2)13(15(4)5)11-6-8-12(14-3)9-7-11/h6-10,13-14H,1-5H3. The zero-order valence-electron chi connectivity index (χ0n) is 10.4. The van der Waals surface area contributed by atoms with Crippen LogP contribution in [-0.2, 0) is 0 Å². The lowest BCUT2D eigenvalue weighted by atomic mass is 9.95. The molecule has 0 bridgehead atoms. The van der Waals surface area contributed by atoms with Gasteiger partial charge in [0.1, 0.15) is 0 Å². The van der Waals surface area contributed by atoms with E-state index in [2.05, 4.69) is 62.4 Å². The summed E-state index contributed by atoms with van der Waals surface area (Å²) in [6.45, 7) is 4.52. The van der Waals surface area contributed by atoms with Crippen LogP contribution in [0.1, 0.15) is 25.5 Å². The lowest BCUT2D eigenvalue weighted by molar-refractivity contribution is 0.235. The molecule has 0 spiro atoms. The normalized spacial score (nSPS) is 13.3. The van der Waals surface area contributed by atoms with Gasteiger partial charge in [-0.15, -0.1) is 0 Å². The SMILES string of the molecule is CNc1ccc(C(C(C)C)N(C)C)cc1. The average molecular weight is 206 g/mol. The van der Waals surface area contributed by atoms with Gasteiger partial charge in [0, 0.05) is 18.8 Å². The molecule has 0 aromatic heterocycles. The van der Waals surface area contributed by atoms with Gasteiger partial charge in [0.25, 0.3) is 0 Å². The molecule has 0 aliphatic carbocycles. The van der Waals surface area contributed by atoms with Gasteiger partial charge >= 0.3 is 0 Å². The van der Waals surface area contributed by atoms with Crippen LogP contribution in [0.25, 0.3) is 0 Å². The molecule has 2 nitrogen and oxygen atoms in total. The Hall–Kier alpha value is -1.02. The van der Waals surface area contributed by atoms with Crippen LogP contribution in [-0.4, -0.2) is 26.0 Å². The Balaban J connectivity index is 2.92. The molecule has 1 rings (SSSR count). The van der Waals surface area contributed by atoms with Gasteiger partial charge in [-0.1, -0.05) is 26.0 Å². The number of nitrogens with zero attached hydrogens (tertiary/aromatic N) is 1. The van der Waals surface area contributed by atoms with Gasteiger partial charge in [0.05, 0.1) is 0 Å². The number of hydrogen-bond acceptors (Lipinski definition) is 2. The van der Waals surface area contributed by atoms with Crippen LogP contribution in [0.3, 0.4) is 0 Å². The van der Waals surface area contributed by atoms with E-state index in [4.69, 9.17) is 0 Å². The lowest BCUT2D eigenvalue weighted by Crippen LogP contribution is -2.24. The number of rotatable bonds is 4. The van der Waals surface area contributed by atoms with Gasteiger partial charge < -0.3 is 10.2 Å². The third-order valence-corrected chi connectivity index (χ3v) is 2.73. The first-order chi connectivity index (χ1) is 7.06. The smallest absolute Gasteiger partial charge is 0.0364 e. The fraction of sp³-hybridized carbons (Fsp3) is 0.538. The third-order valence-electron chi connectivity index (χ3n) is 2.73. The van der Waals surface area contributed by atoms with Crippen molar-refractivity contribution in [2.24, 2.45) is 5.92 Å². The summed E-state index contributed by atoms with van der Waals surface area (Å²) in [6.07, 6.45) is 0. The van der Waals surface area contributed by atoms with Crippen LogP contribution >= 0.6 is 0 Å². The van der Waals surface area contributed by atoms with Crippen molar-refractivity contribution in [2.45, 2.75) is 19.9 Å². The minimum Gasteiger partial charge on any atom is -0.388 e. The van der Waals surface area contributed by atoms with Gasteiger partial charge in [-0.2, -0.15) is 0 Å². The van der Waals surface area contributed by atoms with Crippen molar-refractivity contribution in [3.63, 3.8) is 0 Å². The molecule has 1 unspecified atom stereocenters. The molecule has 2 heteroatoms. The van der Waals surface area contributed by atoms with E-state index in [1.807, 2.05) is 7.05 Å². The molecule has 0 heterocycles. The second-order valence-electron chi connectivity index (χ2n) is 4.52. The van der Waals surface area contributed by atoms with Crippen molar-refractivity contribution in [1.82, 2.24) is 4.90 Å². The van der Waals surface area contributed by atoms with Crippen LogP contribution in [0.5, 0.6) is 0 Å². The number of anilines is 1. The quantitative estimate of drug-likeness (QED) is 0.814. The molecule has 1 N–H and O–H groups in total. The first-order valence-corrected chi connectivity index (χ1v) is 5.50. The Morgan fingerprint density at radius 1 is 1.07 bits per heavy atom. The molecule has 1 atom stereocenters. The van der Waals surface area contributed by atoms with E-state index in [0.29, 0.717) is 12.0 Å². The molecule has 15 heavy (non-hydrogen) atoms. The number of benzene rings is 1. The monoisotopic (exact) mass is 206 g/mol. The van der Waals surface area contributed by atoms with E-state index in [9.17, 15) is 0 Å². The summed E-state index contributed by atoms with van der Waals surface area (Å²) in [7, 11) is 6.22. The van der Waals surface area contributed by atoms with Crippen LogP contribution < -0.4 is 5.32 Å². The minimum atomic E-state index is 0.496. The van der Waals surface area contributed by atoms with E-state index in [-0.39, 0.29) is 0 Å². The highest BCUT2D eigenvalue weighted by atomic mass is 15.1. The predicted octanol–water partition coefficient (Wildman–Crippen LogP) is 2.99. The summed E-state index contributed by atoms with van der Waals surface area (Å²) < 4.78 is 0. The molecule has 0 fully saturated rings. The predicted molar refractivity (Wildman–Crippen MR) is 67.3 cm³/mol. The van der Waals surface area contributed by atoms with Gasteiger partial charge in [0.2, 0.25) is 0 Å². The van der Waals surface area contributed by atoms with Crippen molar-refractivity contribution in [1.29, 1.82) is 0 Å². The van der Waals surface area contributed by atoms with Crippen LogP contribution in [0.15, 0.2) is 24.3 Å². The molecule has 0 saturated carbocycles. The van der Waals surface area contributed by atoms with Crippen LogP contribution in [0.2, 0.25) is 0 Å². The van der Waals surface area contributed by atoms with Crippen molar-refractivity contribution < 1.29 is 0 Å². The van der Waals surface area contributed by atoms with Gasteiger partial charge in [-0.25, -0.2) is 0 Å². The lowest BCUT2D eigenvalue weighted by Gasteiger charge is -2.28. The molecular weight excluding hydrogens is 184 g/mol. The maximum atomic E-state index is 3.14. The summed E-state index contributed by atoms with van der Waals surface area (Å²) in [5.41, 5.74) is 2.55. The van der Waals surface area contributed by atoms with E-state index in [1.54, 1.807) is 0 Å². The summed E-state index contributed by atoms with van der Waals surface area (Å²) in [6, 6.07) is 9.17. The minimum absolute atomic E-state index is 0.496. The topological polar surface area (TPSA) is 15.3 Å². The average Bonchev–Trinajstić information content (AvgIpc) is 2.18. The van der Waals surface area contributed by atoms with E-state index in [0.717, 1.165) is 0 Å². The number of nitrogens with one attached hydrogen (secondary N) is 1. The van der Waals surface area contributed by atoms with Crippen LogP contribution in [0, 0.1) is 5.92 Å². The summed E-state index contributed by atoms with van der Waals surface area (Å²) in [5, 5.41) is 3.14. The van der Waals surface area contributed by atoms with Gasteiger partial charge in [0.15, 0.2) is 0 Å². The molecule has 0 radical (unpaired) electrons. The molecule has 0 aliphatic rings. The first-order valence-electron chi connectivity index (χ1n) is 5.50. The maximum absolute atomic E-state index is 3.14. The zero-order chi connectivity index (χ0) is 11.4. The Morgan fingerprint density at radius 2 is 1.60 bits per heavy atom. The summed E-state index contributed by atoms with van der Waals surface area (Å²) in [5.74, 6) is 0.625. The molecule has 1 aromatic carbocycles. The Kier molecular flexibility index (Phi) is 4.15. The summed E-state index contributed by atoms with van der Waals surface area (Å²) in [4.78, 5) is 2.28. The van der Waals surface area contributed by atoms with Crippen LogP contribution in [0.4, 0.5) is 5.69 Å². The van der Waals surface area contributed by atoms with Crippen molar-refractivity contribution in [3.05, 3.63) is 29.8 Å². The Bertz CT molecular complexity index is 280. The molecule has 0 amide bonds. The largest absolute Gasteiger partial charge is 0.388 e. The van der Waals surface area contributed by atoms with E-state index < -0.39 is 0 Å². The third kappa shape index (κ3) is 2.96. The van der Waals surface area contributed by atoms with E-state index >= 15 is 0 Å². The zero-order valence-corrected chi connectivity index (χ0v) is 10.4. The van der Waals surface area contributed by atoms with Gasteiger partial charge in [-0.05, 0) is 37.7 Å². The highest BCUT2D eigenvalue weighted by Crippen LogP contribution is 2.27. The highest BCUT2D eigenvalue weighted by Gasteiger charge is 2.17. The highest BCUT2D eigenvalue weighted by molar-refractivity contribution is 5.44. The maximum Gasteiger partial charge on any atom is 0.0364 e. The summed E-state index contributed by atoms with van der Waals surface area (Å²) >= 11 is 0. The fourth-order valence-electron chi connectivity index (χ4n) is 2.13. The van der Waals surface area contributed by atoms with Crippen molar-refractivity contribution in [3.8, 4) is 0 Å². The fourth-order valence-corrected chi connectivity index (χ4v) is 2.13. The van der Waals surface area contributed by atoms with Crippen molar-refractivity contribution in [2.75, 3.05) is 26.5 Å². The van der Waals surface area contributed by atoms with Crippen molar-refractivity contribution >= 4 is 5.69 Å². The molecule has 0 aliphatic heterocycles. The first kappa shape index (κ1) is 12.1. The molecule has 84 valence electrons. The second kappa shape index (κ2) is 5.17. The van der Waals surface area contributed by atoms with E-state index in [1.165, 1.54) is 11.3 Å². The van der Waals surface area contributed by atoms with Gasteiger partial charge in [-0.3, -0.25) is 0 Å². The number of hydrogen-bond donors (Lipinski definition) is 1. The Labute approximate surface area is 93.3 Å². The molecule has 0 saturated heterocycles. The molecular formula is C13H22N2. The second-order valence-corrected chi connectivity index (χ2v) is 4.52. The molecule has 1 aromatic rings.